The van der Waals surface area contributed by atoms with Gasteiger partial charge in [-0.2, -0.15) is 9.40 Å². The van der Waals surface area contributed by atoms with Crippen LogP contribution < -0.4 is 4.90 Å². The molecule has 2 saturated heterocycles. The van der Waals surface area contributed by atoms with Crippen LogP contribution in [0.25, 0.3) is 0 Å². The predicted molar refractivity (Wildman–Crippen MR) is 124 cm³/mol. The van der Waals surface area contributed by atoms with E-state index >= 15 is 0 Å². The molecule has 1 atom stereocenters. The summed E-state index contributed by atoms with van der Waals surface area (Å²) in [6, 6.07) is 7.69. The molecule has 4 rings (SSSR count). The van der Waals surface area contributed by atoms with E-state index in [0.717, 1.165) is 11.3 Å². The molecule has 0 radical (unpaired) electrons. The Labute approximate surface area is 195 Å². The van der Waals surface area contributed by atoms with Crippen molar-refractivity contribution < 1.29 is 18.0 Å². The zero-order chi connectivity index (χ0) is 23.9. The van der Waals surface area contributed by atoms with Crippen molar-refractivity contribution in [3.8, 4) is 0 Å². The summed E-state index contributed by atoms with van der Waals surface area (Å²) in [5.74, 6) is -0.548. The summed E-state index contributed by atoms with van der Waals surface area (Å²) >= 11 is 0. The lowest BCUT2D eigenvalue weighted by molar-refractivity contribution is -0.136. The van der Waals surface area contributed by atoms with Gasteiger partial charge < -0.3 is 9.80 Å². The molecule has 1 aromatic carbocycles. The molecule has 2 amide bonds. The maximum absolute atomic E-state index is 13.3. The lowest BCUT2D eigenvalue weighted by Gasteiger charge is -2.35. The van der Waals surface area contributed by atoms with Crippen molar-refractivity contribution in [2.45, 2.75) is 45.6 Å². The van der Waals surface area contributed by atoms with E-state index in [1.807, 2.05) is 38.1 Å². The van der Waals surface area contributed by atoms with Gasteiger partial charge >= 0.3 is 0 Å². The Balaban J connectivity index is 1.41. The van der Waals surface area contributed by atoms with Gasteiger partial charge in [0.1, 0.15) is 4.90 Å². The fourth-order valence-electron chi connectivity index (χ4n) is 4.75. The van der Waals surface area contributed by atoms with Crippen LogP contribution in [-0.2, 0) is 26.2 Å². The second kappa shape index (κ2) is 8.90. The number of aromatic nitrogens is 2. The fourth-order valence-corrected chi connectivity index (χ4v) is 6.54. The highest BCUT2D eigenvalue weighted by atomic mass is 32.2. The highest BCUT2D eigenvalue weighted by molar-refractivity contribution is 7.89. The average Bonchev–Trinajstić information content (AvgIpc) is 3.32. The van der Waals surface area contributed by atoms with E-state index in [4.69, 9.17) is 0 Å². The summed E-state index contributed by atoms with van der Waals surface area (Å²) in [7, 11) is -3.69. The number of carbonyl (C=O) groups is 2. The molecule has 2 aromatic rings. The molecule has 178 valence electrons. The minimum absolute atomic E-state index is 0.0581. The smallest absolute Gasteiger partial charge is 0.246 e. The van der Waals surface area contributed by atoms with E-state index < -0.39 is 15.9 Å². The third-order valence-corrected chi connectivity index (χ3v) is 8.73. The number of aryl methyl sites for hydroxylation is 3. The average molecular weight is 474 g/mol. The second-order valence-corrected chi connectivity index (χ2v) is 10.7. The summed E-state index contributed by atoms with van der Waals surface area (Å²) in [5.41, 5.74) is 3.04. The summed E-state index contributed by atoms with van der Waals surface area (Å²) in [5, 5.41) is 4.34. The molecule has 1 aromatic heterocycles. The van der Waals surface area contributed by atoms with Crippen LogP contribution in [0.1, 0.15) is 30.3 Å². The van der Waals surface area contributed by atoms with Crippen molar-refractivity contribution >= 4 is 27.5 Å². The number of rotatable bonds is 5. The first-order valence-corrected chi connectivity index (χ1v) is 12.8. The van der Waals surface area contributed by atoms with Gasteiger partial charge in [-0.25, -0.2) is 8.42 Å². The van der Waals surface area contributed by atoms with E-state index in [9.17, 15) is 18.0 Å². The molecule has 2 fully saturated rings. The Morgan fingerprint density at radius 1 is 1.06 bits per heavy atom. The van der Waals surface area contributed by atoms with E-state index in [1.165, 1.54) is 4.31 Å². The first-order chi connectivity index (χ1) is 15.6. The first-order valence-electron chi connectivity index (χ1n) is 11.3. The van der Waals surface area contributed by atoms with Crippen molar-refractivity contribution in [3.05, 3.63) is 41.2 Å². The maximum atomic E-state index is 13.3. The van der Waals surface area contributed by atoms with Gasteiger partial charge in [0.05, 0.1) is 17.3 Å². The standard InChI is InChI=1S/C23H31N5O4S/c1-5-28-18(4)22(17(3)24-28)33(31,32)26-12-10-25(11-13-26)23(30)19-14-21(29)27(15-19)20-8-6-16(2)7-9-20/h6-9,19H,5,10-15H2,1-4H3. The van der Waals surface area contributed by atoms with Crippen molar-refractivity contribution in [1.82, 2.24) is 19.0 Å². The van der Waals surface area contributed by atoms with Gasteiger partial charge in [-0.3, -0.25) is 14.3 Å². The normalized spacial score (nSPS) is 20.0. The molecule has 2 aliphatic heterocycles. The van der Waals surface area contributed by atoms with Gasteiger partial charge in [-0.15, -0.1) is 0 Å². The molecular formula is C23H31N5O4S. The summed E-state index contributed by atoms with van der Waals surface area (Å²) in [6.07, 6.45) is 0.180. The highest BCUT2D eigenvalue weighted by Crippen LogP contribution is 2.28. The van der Waals surface area contributed by atoms with E-state index in [-0.39, 0.29) is 36.2 Å². The molecule has 0 spiro atoms. The molecule has 1 unspecified atom stereocenters. The van der Waals surface area contributed by atoms with Crippen LogP contribution >= 0.6 is 0 Å². The Morgan fingerprint density at radius 3 is 2.27 bits per heavy atom. The van der Waals surface area contributed by atoms with E-state index in [1.54, 1.807) is 28.3 Å². The van der Waals surface area contributed by atoms with Gasteiger partial charge in [0.25, 0.3) is 0 Å². The number of nitrogens with zero attached hydrogens (tertiary/aromatic N) is 5. The van der Waals surface area contributed by atoms with Crippen molar-refractivity contribution in [3.63, 3.8) is 0 Å². The van der Waals surface area contributed by atoms with Crippen LogP contribution in [0.15, 0.2) is 29.2 Å². The quantitative estimate of drug-likeness (QED) is 0.659. The topological polar surface area (TPSA) is 95.8 Å². The Hall–Kier alpha value is -2.72. The third-order valence-electron chi connectivity index (χ3n) is 6.58. The summed E-state index contributed by atoms with van der Waals surface area (Å²) < 4.78 is 29.7. The van der Waals surface area contributed by atoms with Crippen LogP contribution in [0.5, 0.6) is 0 Å². The van der Waals surface area contributed by atoms with Gasteiger partial charge in [-0.05, 0) is 39.8 Å². The molecule has 0 aliphatic carbocycles. The van der Waals surface area contributed by atoms with Crippen LogP contribution in [0.2, 0.25) is 0 Å². The van der Waals surface area contributed by atoms with Gasteiger partial charge in [-0.1, -0.05) is 17.7 Å². The molecule has 9 nitrogen and oxygen atoms in total. The number of piperazine rings is 1. The zero-order valence-electron chi connectivity index (χ0n) is 19.6. The van der Waals surface area contributed by atoms with Crippen LogP contribution in [-0.4, -0.2) is 71.9 Å². The number of carbonyl (C=O) groups excluding carboxylic acids is 2. The SMILES string of the molecule is CCn1nc(C)c(S(=O)(=O)N2CCN(C(=O)C3CC(=O)N(c4ccc(C)cc4)C3)CC2)c1C. The van der Waals surface area contributed by atoms with Crippen LogP contribution in [0, 0.1) is 26.7 Å². The number of hydrogen-bond acceptors (Lipinski definition) is 5. The molecule has 3 heterocycles. The largest absolute Gasteiger partial charge is 0.340 e. The highest BCUT2D eigenvalue weighted by Gasteiger charge is 2.39. The minimum Gasteiger partial charge on any atom is -0.340 e. The number of hydrogen-bond donors (Lipinski definition) is 0. The molecule has 10 heteroatoms. The van der Waals surface area contributed by atoms with Gasteiger partial charge in [0, 0.05) is 51.4 Å². The lowest BCUT2D eigenvalue weighted by Crippen LogP contribution is -2.52. The molecule has 0 saturated carbocycles. The van der Waals surface area contributed by atoms with Gasteiger partial charge in [0.2, 0.25) is 21.8 Å². The molecule has 0 N–H and O–H groups in total. The van der Waals surface area contributed by atoms with Crippen LogP contribution in [0.3, 0.4) is 0 Å². The Bertz CT molecular complexity index is 1160. The van der Waals surface area contributed by atoms with Crippen molar-refractivity contribution in [2.24, 2.45) is 5.92 Å². The third kappa shape index (κ3) is 4.29. The predicted octanol–water partition coefficient (Wildman–Crippen LogP) is 1.71. The summed E-state index contributed by atoms with van der Waals surface area (Å²) in [4.78, 5) is 29.3. The zero-order valence-corrected chi connectivity index (χ0v) is 20.4. The molecule has 0 bridgehead atoms. The van der Waals surface area contributed by atoms with Crippen molar-refractivity contribution in [1.29, 1.82) is 0 Å². The maximum Gasteiger partial charge on any atom is 0.246 e. The van der Waals surface area contributed by atoms with E-state index in [0.29, 0.717) is 37.6 Å². The Morgan fingerprint density at radius 2 is 1.70 bits per heavy atom. The second-order valence-electron chi connectivity index (χ2n) is 8.79. The summed E-state index contributed by atoms with van der Waals surface area (Å²) in [6.45, 7) is 9.43. The number of sulfonamides is 1. The fraction of sp³-hybridized carbons (Fsp3) is 0.522. The van der Waals surface area contributed by atoms with Crippen LogP contribution in [0.4, 0.5) is 5.69 Å². The van der Waals surface area contributed by atoms with Gasteiger partial charge in [0.15, 0.2) is 0 Å². The first kappa shape index (κ1) is 23.4. The number of benzene rings is 1. The monoisotopic (exact) mass is 473 g/mol. The lowest BCUT2D eigenvalue weighted by atomic mass is 10.1. The van der Waals surface area contributed by atoms with Crippen molar-refractivity contribution in [2.75, 3.05) is 37.6 Å². The van der Waals surface area contributed by atoms with E-state index in [2.05, 4.69) is 5.10 Å². The molecular weight excluding hydrogens is 442 g/mol. The molecule has 2 aliphatic rings. The minimum atomic E-state index is -3.69. The number of amides is 2. The number of anilines is 1. The Kier molecular flexibility index (Phi) is 6.32. The molecule has 33 heavy (non-hydrogen) atoms.